The van der Waals surface area contributed by atoms with E-state index in [4.69, 9.17) is 0 Å². The van der Waals surface area contributed by atoms with E-state index < -0.39 is 98.6 Å². The fourth-order valence-corrected chi connectivity index (χ4v) is 8.68. The van der Waals surface area contributed by atoms with Gasteiger partial charge in [0.05, 0.1) is 17.3 Å². The van der Waals surface area contributed by atoms with Crippen LogP contribution in [0.15, 0.2) is 42.1 Å². The van der Waals surface area contributed by atoms with Crippen molar-refractivity contribution in [1.82, 2.24) is 31.2 Å². The molecule has 2 aliphatic rings. The SMILES string of the molecule is C=CCNC(=O)C(=O)C(CCC(F)(F)F)NC(=O)[C@@H]1CC(C)(C)C(C)CN1C(=O)[C@@H](NC(=O)NC1(CS(=O)(=O)c2ccccn2)CCCCC1)C(C)(C)C. The summed E-state index contributed by atoms with van der Waals surface area (Å²) in [5, 5.41) is 10.1. The first-order valence-corrected chi connectivity index (χ1v) is 19.9. The van der Waals surface area contributed by atoms with Crippen LogP contribution < -0.4 is 21.3 Å². The van der Waals surface area contributed by atoms with E-state index in [1.807, 2.05) is 20.8 Å². The lowest BCUT2D eigenvalue weighted by molar-refractivity contribution is -0.152. The summed E-state index contributed by atoms with van der Waals surface area (Å²) < 4.78 is 66.6. The highest BCUT2D eigenvalue weighted by molar-refractivity contribution is 7.91. The van der Waals surface area contributed by atoms with Crippen LogP contribution in [0.2, 0.25) is 0 Å². The number of nitrogens with zero attached hydrogens (tertiary/aromatic N) is 2. The molecule has 13 nitrogen and oxygen atoms in total. The van der Waals surface area contributed by atoms with Crippen LogP contribution in [0.4, 0.5) is 18.0 Å². The summed E-state index contributed by atoms with van der Waals surface area (Å²) in [5.41, 5.74) is -2.63. The Morgan fingerprint density at radius 1 is 1.06 bits per heavy atom. The van der Waals surface area contributed by atoms with E-state index in [0.717, 1.165) is 6.42 Å². The number of hydrogen-bond donors (Lipinski definition) is 4. The largest absolute Gasteiger partial charge is 0.389 e. The first-order valence-electron chi connectivity index (χ1n) is 18.2. The van der Waals surface area contributed by atoms with E-state index in [0.29, 0.717) is 25.7 Å². The molecule has 0 bridgehead atoms. The van der Waals surface area contributed by atoms with Gasteiger partial charge in [-0.05, 0) is 54.6 Å². The van der Waals surface area contributed by atoms with E-state index in [1.165, 1.54) is 23.2 Å². The number of pyridine rings is 1. The summed E-state index contributed by atoms with van der Waals surface area (Å²) >= 11 is 0. The van der Waals surface area contributed by atoms with Crippen LogP contribution in [0.5, 0.6) is 0 Å². The minimum atomic E-state index is -4.68. The number of hydrogen-bond acceptors (Lipinski definition) is 8. The number of aromatic nitrogens is 1. The van der Waals surface area contributed by atoms with Gasteiger partial charge in [0, 0.05) is 25.7 Å². The maximum absolute atomic E-state index is 14.6. The summed E-state index contributed by atoms with van der Waals surface area (Å²) in [7, 11) is -3.92. The number of likely N-dealkylation sites (tertiary alicyclic amines) is 1. The standard InChI is InChI=1S/C37H55F3N6O7S/c1-8-19-42-31(49)28(47)25(15-18-37(38,39)40)43-30(48)26-21-35(6,7)24(2)22-46(26)32(50)29(34(3,4)5)44-33(51)45-36(16-11-9-12-17-36)23-54(52,53)27-14-10-13-20-41-27/h8,10,13-14,20,24-26,29H,1,9,11-12,15-19,21-23H2,2-7H3,(H,42,49)(H,43,48)(H2,44,45,51)/t24?,25?,26-,29+/m0/s1. The highest BCUT2D eigenvalue weighted by atomic mass is 32.2. The van der Waals surface area contributed by atoms with Crippen LogP contribution in [0.25, 0.3) is 0 Å². The van der Waals surface area contributed by atoms with Crippen molar-refractivity contribution in [2.24, 2.45) is 16.7 Å². The number of alkyl halides is 3. The van der Waals surface area contributed by atoms with E-state index in [1.54, 1.807) is 32.9 Å². The van der Waals surface area contributed by atoms with Gasteiger partial charge in [0.15, 0.2) is 14.9 Å². The Bertz CT molecular complexity index is 1640. The van der Waals surface area contributed by atoms with Crippen molar-refractivity contribution in [1.29, 1.82) is 0 Å². The van der Waals surface area contributed by atoms with Crippen molar-refractivity contribution in [3.05, 3.63) is 37.1 Å². The molecule has 0 spiro atoms. The number of halogens is 3. The van der Waals surface area contributed by atoms with Gasteiger partial charge in [0.1, 0.15) is 12.1 Å². The van der Waals surface area contributed by atoms with Crippen LogP contribution in [0.1, 0.15) is 92.9 Å². The summed E-state index contributed by atoms with van der Waals surface area (Å²) in [6.45, 7) is 14.1. The van der Waals surface area contributed by atoms with Gasteiger partial charge in [-0.3, -0.25) is 19.2 Å². The molecule has 1 aromatic rings. The number of rotatable bonds is 14. The van der Waals surface area contributed by atoms with Gasteiger partial charge < -0.3 is 26.2 Å². The number of carbonyl (C=O) groups is 5. The third-order valence-corrected chi connectivity index (χ3v) is 12.3. The Hall–Kier alpha value is -4.02. The molecule has 17 heteroatoms. The van der Waals surface area contributed by atoms with E-state index >= 15 is 0 Å². The van der Waals surface area contributed by atoms with Gasteiger partial charge in [-0.2, -0.15) is 13.2 Å². The molecule has 1 saturated heterocycles. The molecule has 2 heterocycles. The number of amides is 5. The van der Waals surface area contributed by atoms with E-state index in [-0.39, 0.29) is 30.5 Å². The van der Waals surface area contributed by atoms with Gasteiger partial charge in [-0.1, -0.05) is 72.9 Å². The molecular weight excluding hydrogens is 730 g/mol. The molecule has 1 aromatic heterocycles. The minimum Gasteiger partial charge on any atom is -0.346 e. The predicted octanol–water partition coefficient (Wildman–Crippen LogP) is 4.23. The highest BCUT2D eigenvalue weighted by Crippen LogP contribution is 2.40. The van der Waals surface area contributed by atoms with Crippen molar-refractivity contribution in [3.63, 3.8) is 0 Å². The quantitative estimate of drug-likeness (QED) is 0.160. The first kappa shape index (κ1) is 44.4. The van der Waals surface area contributed by atoms with Gasteiger partial charge in [0.2, 0.25) is 17.6 Å². The monoisotopic (exact) mass is 784 g/mol. The molecule has 5 amide bonds. The molecule has 0 radical (unpaired) electrons. The zero-order valence-corrected chi connectivity index (χ0v) is 32.8. The molecule has 3 rings (SSSR count). The number of sulfone groups is 1. The van der Waals surface area contributed by atoms with Crippen LogP contribution in [-0.2, 0) is 29.0 Å². The Morgan fingerprint density at radius 3 is 2.26 bits per heavy atom. The van der Waals surface area contributed by atoms with Crippen molar-refractivity contribution in [3.8, 4) is 0 Å². The van der Waals surface area contributed by atoms with Gasteiger partial charge in [0.25, 0.3) is 5.91 Å². The molecule has 4 atom stereocenters. The number of carbonyl (C=O) groups excluding carboxylic acids is 5. The Labute approximate surface area is 316 Å². The molecule has 1 aliphatic heterocycles. The van der Waals surface area contributed by atoms with Crippen molar-refractivity contribution < 1.29 is 45.6 Å². The first-order chi connectivity index (χ1) is 24.9. The second kappa shape index (κ2) is 17.6. The number of Topliss-reactive ketones (excluding diaryl/α,β-unsaturated/α-hetero) is 1. The molecule has 2 unspecified atom stereocenters. The average molecular weight is 785 g/mol. The van der Waals surface area contributed by atoms with Crippen LogP contribution >= 0.6 is 0 Å². The number of urea groups is 1. The fourth-order valence-electron chi connectivity index (χ4n) is 6.94. The van der Waals surface area contributed by atoms with Crippen LogP contribution in [0, 0.1) is 16.7 Å². The minimum absolute atomic E-state index is 0.0348. The molecule has 302 valence electrons. The van der Waals surface area contributed by atoms with Crippen molar-refractivity contribution in [2.45, 2.75) is 128 Å². The molecule has 0 aromatic carbocycles. The zero-order chi connectivity index (χ0) is 40.7. The van der Waals surface area contributed by atoms with Crippen LogP contribution in [0.3, 0.4) is 0 Å². The maximum atomic E-state index is 14.6. The summed E-state index contributed by atoms with van der Waals surface area (Å²) in [6, 6.07) is -0.592. The van der Waals surface area contributed by atoms with Crippen LogP contribution in [-0.4, -0.2) is 96.5 Å². The Kier molecular flexibility index (Phi) is 14.5. The summed E-state index contributed by atoms with van der Waals surface area (Å²) in [5.74, 6) is -4.61. The van der Waals surface area contributed by atoms with E-state index in [9.17, 15) is 45.6 Å². The van der Waals surface area contributed by atoms with Gasteiger partial charge >= 0.3 is 12.2 Å². The second-order valence-corrected chi connectivity index (χ2v) is 18.3. The topological polar surface area (TPSA) is 184 Å². The zero-order valence-electron chi connectivity index (χ0n) is 32.0. The Balaban J connectivity index is 1.92. The lowest BCUT2D eigenvalue weighted by Gasteiger charge is -2.49. The lowest BCUT2D eigenvalue weighted by Crippen LogP contribution is -2.66. The molecule has 2 fully saturated rings. The number of ketones is 1. The molecule has 54 heavy (non-hydrogen) atoms. The third kappa shape index (κ3) is 12.0. The fraction of sp³-hybridized carbons (Fsp3) is 0.676. The average Bonchev–Trinajstić information content (AvgIpc) is 3.07. The maximum Gasteiger partial charge on any atom is 0.389 e. The smallest absolute Gasteiger partial charge is 0.346 e. The second-order valence-electron chi connectivity index (χ2n) is 16.3. The third-order valence-electron chi connectivity index (χ3n) is 10.5. The molecule has 4 N–H and O–H groups in total. The normalized spacial score (nSPS) is 21.2. The molecule has 1 saturated carbocycles. The lowest BCUT2D eigenvalue weighted by atomic mass is 9.71. The summed E-state index contributed by atoms with van der Waals surface area (Å²) in [6.07, 6.45) is -1.39. The number of piperidine rings is 1. The van der Waals surface area contributed by atoms with E-state index in [2.05, 4.69) is 32.8 Å². The molecular formula is C37H55F3N6O7S. The van der Waals surface area contributed by atoms with Crippen molar-refractivity contribution >= 4 is 39.4 Å². The van der Waals surface area contributed by atoms with Crippen molar-refractivity contribution in [2.75, 3.05) is 18.8 Å². The summed E-state index contributed by atoms with van der Waals surface area (Å²) in [4.78, 5) is 73.1. The highest BCUT2D eigenvalue weighted by Gasteiger charge is 2.48. The predicted molar refractivity (Wildman–Crippen MR) is 196 cm³/mol. The molecule has 1 aliphatic carbocycles. The Morgan fingerprint density at radius 2 is 1.70 bits per heavy atom. The van der Waals surface area contributed by atoms with Gasteiger partial charge in [-0.25, -0.2) is 18.2 Å². The number of nitrogens with one attached hydrogen (secondary N) is 4. The van der Waals surface area contributed by atoms with Gasteiger partial charge in [-0.15, -0.1) is 6.58 Å².